The van der Waals surface area contributed by atoms with Crippen molar-refractivity contribution >= 4 is 15.7 Å². The fourth-order valence-corrected chi connectivity index (χ4v) is 6.06. The lowest BCUT2D eigenvalue weighted by Gasteiger charge is -2.28. The smallest absolute Gasteiger partial charge is 0.261 e. The summed E-state index contributed by atoms with van der Waals surface area (Å²) in [5, 5.41) is 6.87. The van der Waals surface area contributed by atoms with E-state index < -0.39 is 10.0 Å². The summed E-state index contributed by atoms with van der Waals surface area (Å²) in [4.78, 5) is 0.323. The molecule has 0 spiro atoms. The maximum absolute atomic E-state index is 13.1. The van der Waals surface area contributed by atoms with Crippen LogP contribution in [-0.2, 0) is 29.5 Å². The Kier molecular flexibility index (Phi) is 7.31. The van der Waals surface area contributed by atoms with Crippen LogP contribution in [0.15, 0.2) is 47.4 Å². The minimum Gasteiger partial charge on any atom is -0.312 e. The zero-order chi connectivity index (χ0) is 21.7. The lowest BCUT2D eigenvalue weighted by molar-refractivity contribution is 0.256. The fraction of sp³-hybridized carbons (Fsp3) is 0.520. The number of nitrogens with one attached hydrogen (secondary N) is 3. The van der Waals surface area contributed by atoms with Crippen LogP contribution in [0.4, 0.5) is 5.69 Å². The summed E-state index contributed by atoms with van der Waals surface area (Å²) in [5.41, 5.74) is 3.92. The second-order valence-corrected chi connectivity index (χ2v) is 10.8. The highest BCUT2D eigenvalue weighted by Crippen LogP contribution is 2.29. The Hall–Kier alpha value is -1.89. The maximum Gasteiger partial charge on any atom is 0.261 e. The van der Waals surface area contributed by atoms with E-state index in [-0.39, 0.29) is 0 Å². The highest BCUT2D eigenvalue weighted by Gasteiger charge is 2.21. The summed E-state index contributed by atoms with van der Waals surface area (Å²) < 4.78 is 29.0. The van der Waals surface area contributed by atoms with Crippen molar-refractivity contribution in [1.82, 2.24) is 10.6 Å². The minimum atomic E-state index is -3.63. The average molecular weight is 442 g/mol. The van der Waals surface area contributed by atoms with E-state index in [2.05, 4.69) is 22.3 Å². The van der Waals surface area contributed by atoms with Gasteiger partial charge in [-0.3, -0.25) is 4.72 Å². The number of hydrogen-bond donors (Lipinski definition) is 3. The average Bonchev–Trinajstić information content (AvgIpc) is 2.80. The van der Waals surface area contributed by atoms with E-state index in [1.165, 1.54) is 37.7 Å². The van der Waals surface area contributed by atoms with Crippen molar-refractivity contribution in [3.8, 4) is 0 Å². The Morgan fingerprint density at radius 3 is 2.71 bits per heavy atom. The van der Waals surface area contributed by atoms with Crippen molar-refractivity contribution in [3.05, 3.63) is 59.2 Å². The highest BCUT2D eigenvalue weighted by atomic mass is 32.2. The van der Waals surface area contributed by atoms with Gasteiger partial charge in [-0.15, -0.1) is 0 Å². The summed E-state index contributed by atoms with van der Waals surface area (Å²) in [5.74, 6) is 1.46. The Morgan fingerprint density at radius 1 is 1.06 bits per heavy atom. The molecule has 1 aliphatic carbocycles. The molecule has 1 aliphatic heterocycles. The maximum atomic E-state index is 13.1. The number of sulfonamides is 1. The van der Waals surface area contributed by atoms with Crippen LogP contribution in [0.1, 0.15) is 55.7 Å². The molecule has 1 atom stereocenters. The molecule has 2 aromatic rings. The quantitative estimate of drug-likeness (QED) is 0.566. The van der Waals surface area contributed by atoms with Gasteiger partial charge in [-0.05, 0) is 66.2 Å². The second-order valence-electron chi connectivity index (χ2n) is 9.13. The molecule has 3 N–H and O–H groups in total. The van der Waals surface area contributed by atoms with Gasteiger partial charge in [0, 0.05) is 13.1 Å². The molecular formula is C25H35N3O2S. The van der Waals surface area contributed by atoms with E-state index in [9.17, 15) is 8.42 Å². The van der Waals surface area contributed by atoms with Gasteiger partial charge in [0.05, 0.1) is 10.6 Å². The van der Waals surface area contributed by atoms with E-state index in [4.69, 9.17) is 0 Å². The van der Waals surface area contributed by atoms with Gasteiger partial charge >= 0.3 is 0 Å². The summed E-state index contributed by atoms with van der Waals surface area (Å²) in [6.07, 6.45) is 7.73. The van der Waals surface area contributed by atoms with Crippen LogP contribution < -0.4 is 15.4 Å². The van der Waals surface area contributed by atoms with E-state index in [1.807, 2.05) is 30.3 Å². The van der Waals surface area contributed by atoms with Crippen molar-refractivity contribution in [2.75, 3.05) is 17.8 Å². The summed E-state index contributed by atoms with van der Waals surface area (Å²) in [6, 6.07) is 13.2. The van der Waals surface area contributed by atoms with Crippen LogP contribution in [0.3, 0.4) is 0 Å². The van der Waals surface area contributed by atoms with Gasteiger partial charge in [0.1, 0.15) is 0 Å². The lowest BCUT2D eigenvalue weighted by atomic mass is 9.81. The molecule has 0 aromatic heterocycles. The number of benzene rings is 2. The first kappa shape index (κ1) is 22.3. The van der Waals surface area contributed by atoms with E-state index in [0.717, 1.165) is 43.1 Å². The molecule has 1 fully saturated rings. The van der Waals surface area contributed by atoms with Crippen LogP contribution in [0, 0.1) is 11.8 Å². The van der Waals surface area contributed by atoms with Gasteiger partial charge in [0.25, 0.3) is 10.0 Å². The van der Waals surface area contributed by atoms with Gasteiger partial charge in [-0.1, -0.05) is 63.3 Å². The molecule has 2 aromatic carbocycles. The topological polar surface area (TPSA) is 70.2 Å². The van der Waals surface area contributed by atoms with Gasteiger partial charge in [-0.25, -0.2) is 8.42 Å². The third-order valence-electron chi connectivity index (χ3n) is 6.87. The van der Waals surface area contributed by atoms with Crippen molar-refractivity contribution in [2.45, 2.75) is 63.4 Å². The standard InChI is InChI=1S/C25H35N3O2S/c1-19(20-7-3-2-4-8-20)16-27-17-22-9-5-6-10-25(22)28-31(29,30)24-12-11-21-13-14-26-18-23(21)15-24/h5-6,9-12,15,19-20,26-28H,2-4,7-8,13-14,16-18H2,1H3. The molecule has 0 radical (unpaired) electrons. The third-order valence-corrected chi connectivity index (χ3v) is 8.24. The molecule has 31 heavy (non-hydrogen) atoms. The van der Waals surface area contributed by atoms with Crippen LogP contribution in [0.2, 0.25) is 0 Å². The first-order chi connectivity index (χ1) is 15.0. The first-order valence-electron chi connectivity index (χ1n) is 11.7. The highest BCUT2D eigenvalue weighted by molar-refractivity contribution is 7.92. The van der Waals surface area contributed by atoms with Crippen molar-refractivity contribution in [1.29, 1.82) is 0 Å². The van der Waals surface area contributed by atoms with Gasteiger partial charge < -0.3 is 10.6 Å². The predicted octanol–water partition coefficient (Wildman–Crippen LogP) is 4.44. The van der Waals surface area contributed by atoms with Crippen molar-refractivity contribution < 1.29 is 8.42 Å². The fourth-order valence-electron chi connectivity index (χ4n) is 4.91. The molecule has 168 valence electrons. The molecule has 5 nitrogen and oxygen atoms in total. The summed E-state index contributed by atoms with van der Waals surface area (Å²) in [7, 11) is -3.63. The minimum absolute atomic E-state index is 0.323. The molecule has 4 rings (SSSR count). The molecule has 2 aliphatic rings. The van der Waals surface area contributed by atoms with Gasteiger partial charge in [-0.2, -0.15) is 0 Å². The Bertz CT molecular complexity index is 984. The zero-order valence-electron chi connectivity index (χ0n) is 18.5. The number of rotatable bonds is 8. The number of hydrogen-bond acceptors (Lipinski definition) is 4. The van der Waals surface area contributed by atoms with Crippen molar-refractivity contribution in [3.63, 3.8) is 0 Å². The van der Waals surface area contributed by atoms with Crippen LogP contribution in [0.25, 0.3) is 0 Å². The normalized spacial score (nSPS) is 18.4. The summed E-state index contributed by atoms with van der Waals surface area (Å²) in [6.45, 7) is 5.62. The van der Waals surface area contributed by atoms with Gasteiger partial charge in [0.2, 0.25) is 0 Å². The SMILES string of the molecule is CC(CNCc1ccccc1NS(=O)(=O)c1ccc2c(c1)CNCC2)C1CCCCC1. The molecular weight excluding hydrogens is 406 g/mol. The van der Waals surface area contributed by atoms with Gasteiger partial charge in [0.15, 0.2) is 0 Å². The van der Waals surface area contributed by atoms with Crippen LogP contribution in [-0.4, -0.2) is 21.5 Å². The Balaban J connectivity index is 1.41. The molecule has 0 saturated heterocycles. The molecule has 1 saturated carbocycles. The van der Waals surface area contributed by atoms with E-state index in [0.29, 0.717) is 23.0 Å². The molecule has 6 heteroatoms. The predicted molar refractivity (Wildman–Crippen MR) is 127 cm³/mol. The monoisotopic (exact) mass is 441 g/mol. The van der Waals surface area contributed by atoms with E-state index in [1.54, 1.807) is 12.1 Å². The summed E-state index contributed by atoms with van der Waals surface area (Å²) >= 11 is 0. The van der Waals surface area contributed by atoms with Crippen LogP contribution in [0.5, 0.6) is 0 Å². The number of fused-ring (bicyclic) bond motifs is 1. The number of anilines is 1. The third kappa shape index (κ3) is 5.68. The lowest BCUT2D eigenvalue weighted by Crippen LogP contribution is -2.27. The molecule has 1 heterocycles. The molecule has 0 bridgehead atoms. The van der Waals surface area contributed by atoms with Crippen molar-refractivity contribution in [2.24, 2.45) is 11.8 Å². The molecule has 0 amide bonds. The van der Waals surface area contributed by atoms with E-state index >= 15 is 0 Å². The number of para-hydroxylation sites is 1. The zero-order valence-corrected chi connectivity index (χ0v) is 19.3. The second kappa shape index (κ2) is 10.2. The largest absolute Gasteiger partial charge is 0.312 e. The molecule has 1 unspecified atom stereocenters. The Labute approximate surface area is 187 Å². The first-order valence-corrected chi connectivity index (χ1v) is 13.2. The van der Waals surface area contributed by atoms with Crippen LogP contribution >= 0.6 is 0 Å². The Morgan fingerprint density at radius 2 is 1.87 bits per heavy atom.